The van der Waals surface area contributed by atoms with E-state index in [1.54, 1.807) is 0 Å². The summed E-state index contributed by atoms with van der Waals surface area (Å²) in [6.07, 6.45) is 1.91. The Hall–Kier alpha value is -1.25. The summed E-state index contributed by atoms with van der Waals surface area (Å²) in [5.41, 5.74) is 2.36. The van der Waals surface area contributed by atoms with Gasteiger partial charge in [0, 0.05) is 25.8 Å². The van der Waals surface area contributed by atoms with E-state index in [9.17, 15) is 0 Å². The molecule has 0 amide bonds. The van der Waals surface area contributed by atoms with Crippen LogP contribution in [0.4, 0.5) is 11.5 Å². The molecule has 1 atom stereocenters. The quantitative estimate of drug-likeness (QED) is 0.653. The molecule has 1 aromatic heterocycles. The summed E-state index contributed by atoms with van der Waals surface area (Å²) in [5, 5.41) is 3.38. The largest absolute Gasteiger partial charge is 0.380 e. The minimum Gasteiger partial charge on any atom is -0.380 e. The molecule has 0 saturated heterocycles. The first-order valence-corrected chi connectivity index (χ1v) is 4.62. The van der Waals surface area contributed by atoms with Gasteiger partial charge in [0.05, 0.1) is 5.69 Å². The van der Waals surface area contributed by atoms with Crippen LogP contribution in [0.2, 0.25) is 0 Å². The highest BCUT2D eigenvalue weighted by Crippen LogP contribution is 2.28. The number of rotatable bonds is 0. The van der Waals surface area contributed by atoms with Gasteiger partial charge in [-0.3, -0.25) is 0 Å². The maximum absolute atomic E-state index is 4.41. The first-order chi connectivity index (χ1) is 6.18. The summed E-state index contributed by atoms with van der Waals surface area (Å²) in [5.74, 6) is 1.06. The maximum Gasteiger partial charge on any atom is 0.152 e. The number of hydrogen-bond acceptors (Lipinski definition) is 3. The minimum absolute atomic E-state index is 0.516. The van der Waals surface area contributed by atoms with Crippen molar-refractivity contribution >= 4 is 11.5 Å². The molecule has 0 bridgehead atoms. The van der Waals surface area contributed by atoms with Gasteiger partial charge in [-0.25, -0.2) is 4.98 Å². The molecule has 1 aromatic rings. The van der Waals surface area contributed by atoms with E-state index in [0.717, 1.165) is 18.1 Å². The van der Waals surface area contributed by atoms with Gasteiger partial charge in [0.25, 0.3) is 0 Å². The third kappa shape index (κ3) is 1.34. The second-order valence-electron chi connectivity index (χ2n) is 3.72. The molecular formula is C10H15N3. The van der Waals surface area contributed by atoms with Crippen molar-refractivity contribution in [3.8, 4) is 0 Å². The van der Waals surface area contributed by atoms with Crippen LogP contribution in [0.5, 0.6) is 0 Å². The van der Waals surface area contributed by atoms with Crippen LogP contribution >= 0.6 is 0 Å². The van der Waals surface area contributed by atoms with Crippen molar-refractivity contribution in [1.82, 2.24) is 4.98 Å². The molecule has 2 rings (SSSR count). The molecule has 3 nitrogen and oxygen atoms in total. The van der Waals surface area contributed by atoms with E-state index in [4.69, 9.17) is 0 Å². The second kappa shape index (κ2) is 2.91. The van der Waals surface area contributed by atoms with E-state index in [1.165, 1.54) is 5.56 Å². The SMILES string of the molecule is Cc1cnc2c(c1)NCC(C)N2C. The van der Waals surface area contributed by atoms with E-state index in [-0.39, 0.29) is 0 Å². The fourth-order valence-corrected chi connectivity index (χ4v) is 1.58. The molecule has 3 heteroatoms. The highest BCUT2D eigenvalue weighted by molar-refractivity contribution is 5.68. The van der Waals surface area contributed by atoms with E-state index in [2.05, 4.69) is 42.2 Å². The van der Waals surface area contributed by atoms with Gasteiger partial charge < -0.3 is 10.2 Å². The summed E-state index contributed by atoms with van der Waals surface area (Å²) < 4.78 is 0. The lowest BCUT2D eigenvalue weighted by molar-refractivity contribution is 0.688. The second-order valence-corrected chi connectivity index (χ2v) is 3.72. The van der Waals surface area contributed by atoms with Crippen LogP contribution in [0.3, 0.4) is 0 Å². The Morgan fingerprint density at radius 3 is 3.15 bits per heavy atom. The van der Waals surface area contributed by atoms with Crippen molar-refractivity contribution in [3.05, 3.63) is 17.8 Å². The first-order valence-electron chi connectivity index (χ1n) is 4.62. The van der Waals surface area contributed by atoms with Crippen molar-refractivity contribution in [2.75, 3.05) is 23.8 Å². The third-order valence-corrected chi connectivity index (χ3v) is 2.59. The number of aryl methyl sites for hydroxylation is 1. The fraction of sp³-hybridized carbons (Fsp3) is 0.500. The lowest BCUT2D eigenvalue weighted by Gasteiger charge is -2.33. The normalized spacial score (nSPS) is 20.8. The van der Waals surface area contributed by atoms with Crippen LogP contribution in [0.1, 0.15) is 12.5 Å². The van der Waals surface area contributed by atoms with Crippen LogP contribution < -0.4 is 10.2 Å². The molecule has 1 unspecified atom stereocenters. The molecule has 1 N–H and O–H groups in total. The molecule has 0 saturated carbocycles. The Balaban J connectivity index is 2.44. The number of fused-ring (bicyclic) bond motifs is 1. The van der Waals surface area contributed by atoms with Gasteiger partial charge in [-0.05, 0) is 25.5 Å². The molecule has 0 fully saturated rings. The predicted molar refractivity (Wildman–Crippen MR) is 55.3 cm³/mol. The van der Waals surface area contributed by atoms with Gasteiger partial charge in [0.2, 0.25) is 0 Å². The number of anilines is 2. The van der Waals surface area contributed by atoms with Crippen LogP contribution in [0, 0.1) is 6.92 Å². The molecule has 1 aliphatic rings. The van der Waals surface area contributed by atoms with Crippen LogP contribution in [0.15, 0.2) is 12.3 Å². The first kappa shape index (κ1) is 8.35. The topological polar surface area (TPSA) is 28.2 Å². The third-order valence-electron chi connectivity index (χ3n) is 2.59. The Bertz CT molecular complexity index is 322. The molecule has 2 heterocycles. The smallest absolute Gasteiger partial charge is 0.152 e. The van der Waals surface area contributed by atoms with Crippen molar-refractivity contribution in [1.29, 1.82) is 0 Å². The number of nitrogens with one attached hydrogen (secondary N) is 1. The lowest BCUT2D eigenvalue weighted by Crippen LogP contribution is -2.39. The molecule has 0 aliphatic carbocycles. The Kier molecular flexibility index (Phi) is 1.87. The monoisotopic (exact) mass is 177 g/mol. The fourth-order valence-electron chi connectivity index (χ4n) is 1.58. The predicted octanol–water partition coefficient (Wildman–Crippen LogP) is 1.64. The molecule has 70 valence electrons. The zero-order valence-corrected chi connectivity index (χ0v) is 8.33. The van der Waals surface area contributed by atoms with Crippen molar-refractivity contribution in [2.45, 2.75) is 19.9 Å². The summed E-state index contributed by atoms with van der Waals surface area (Å²) in [6.45, 7) is 5.25. The zero-order valence-electron chi connectivity index (χ0n) is 8.33. The molecule has 0 spiro atoms. The van der Waals surface area contributed by atoms with E-state index in [0.29, 0.717) is 6.04 Å². The van der Waals surface area contributed by atoms with Crippen LogP contribution in [-0.2, 0) is 0 Å². The standard InChI is InChI=1S/C10H15N3/c1-7-4-9-10(12-5-7)13(3)8(2)6-11-9/h4-5,8,11H,6H2,1-3H3. The molecule has 0 aromatic carbocycles. The number of aromatic nitrogens is 1. The van der Waals surface area contributed by atoms with Crippen LogP contribution in [0.25, 0.3) is 0 Å². The minimum atomic E-state index is 0.516. The average molecular weight is 177 g/mol. The molecular weight excluding hydrogens is 162 g/mol. The van der Waals surface area contributed by atoms with Crippen molar-refractivity contribution in [3.63, 3.8) is 0 Å². The molecule has 1 aliphatic heterocycles. The highest BCUT2D eigenvalue weighted by atomic mass is 15.2. The van der Waals surface area contributed by atoms with Crippen molar-refractivity contribution < 1.29 is 0 Å². The zero-order chi connectivity index (χ0) is 9.42. The lowest BCUT2D eigenvalue weighted by atomic mass is 10.2. The Morgan fingerprint density at radius 2 is 2.38 bits per heavy atom. The molecule has 0 radical (unpaired) electrons. The van der Waals surface area contributed by atoms with E-state index >= 15 is 0 Å². The van der Waals surface area contributed by atoms with Crippen LogP contribution in [-0.4, -0.2) is 24.6 Å². The molecule has 13 heavy (non-hydrogen) atoms. The van der Waals surface area contributed by atoms with Gasteiger partial charge in [-0.2, -0.15) is 0 Å². The van der Waals surface area contributed by atoms with Gasteiger partial charge in [0.1, 0.15) is 0 Å². The number of hydrogen-bond donors (Lipinski definition) is 1. The van der Waals surface area contributed by atoms with Crippen molar-refractivity contribution in [2.24, 2.45) is 0 Å². The maximum atomic E-state index is 4.41. The van der Waals surface area contributed by atoms with Gasteiger partial charge in [-0.15, -0.1) is 0 Å². The van der Waals surface area contributed by atoms with Gasteiger partial charge in [0.15, 0.2) is 5.82 Å². The van der Waals surface area contributed by atoms with E-state index in [1.807, 2.05) is 6.20 Å². The average Bonchev–Trinajstić information content (AvgIpc) is 2.12. The summed E-state index contributed by atoms with van der Waals surface area (Å²) in [7, 11) is 2.09. The summed E-state index contributed by atoms with van der Waals surface area (Å²) >= 11 is 0. The highest BCUT2D eigenvalue weighted by Gasteiger charge is 2.19. The number of pyridine rings is 1. The summed E-state index contributed by atoms with van der Waals surface area (Å²) in [6, 6.07) is 2.66. The number of likely N-dealkylation sites (N-methyl/N-ethyl adjacent to an activating group) is 1. The Labute approximate surface area is 78.8 Å². The van der Waals surface area contributed by atoms with Gasteiger partial charge >= 0.3 is 0 Å². The Morgan fingerprint density at radius 1 is 1.62 bits per heavy atom. The van der Waals surface area contributed by atoms with Gasteiger partial charge in [-0.1, -0.05) is 0 Å². The van der Waals surface area contributed by atoms with E-state index < -0.39 is 0 Å². The summed E-state index contributed by atoms with van der Waals surface area (Å²) in [4.78, 5) is 6.63. The number of nitrogens with zero attached hydrogens (tertiary/aromatic N) is 2.